The molecule has 1 fully saturated rings. The van der Waals surface area contributed by atoms with Gasteiger partial charge in [0.05, 0.1) is 12.8 Å². The molecule has 1 unspecified atom stereocenters. The van der Waals surface area contributed by atoms with Crippen LogP contribution in [-0.4, -0.2) is 60.6 Å². The maximum absolute atomic E-state index is 5.49. The average Bonchev–Trinajstić information content (AvgIpc) is 3.36. The number of anilines is 1. The monoisotopic (exact) mass is 371 g/mol. The number of aliphatic imine (C=N–C) groups is 1. The molecule has 0 saturated carbocycles. The number of guanidine groups is 1. The van der Waals surface area contributed by atoms with Gasteiger partial charge in [0.1, 0.15) is 17.9 Å². The summed E-state index contributed by atoms with van der Waals surface area (Å²) in [5.41, 5.74) is 1.15. The third-order valence-electron chi connectivity index (χ3n) is 4.84. The molecule has 3 rings (SSSR count). The van der Waals surface area contributed by atoms with Crippen molar-refractivity contribution in [1.82, 2.24) is 25.4 Å². The summed E-state index contributed by atoms with van der Waals surface area (Å²) in [7, 11) is 3.52. The molecule has 2 N–H and O–H groups in total. The normalized spacial score (nSPS) is 17.2. The number of para-hydroxylation sites is 2. The Balaban J connectivity index is 1.49. The van der Waals surface area contributed by atoms with E-state index in [-0.39, 0.29) is 0 Å². The highest BCUT2D eigenvalue weighted by atomic mass is 16.5. The largest absolute Gasteiger partial charge is 0.495 e. The molecule has 2 aromatic rings. The van der Waals surface area contributed by atoms with E-state index < -0.39 is 0 Å². The van der Waals surface area contributed by atoms with E-state index in [0.29, 0.717) is 6.04 Å². The summed E-state index contributed by atoms with van der Waals surface area (Å²) in [5, 5.41) is 15.0. The predicted molar refractivity (Wildman–Crippen MR) is 108 cm³/mol. The first-order valence-electron chi connectivity index (χ1n) is 9.47. The third kappa shape index (κ3) is 4.69. The number of hydrogen-bond acceptors (Lipinski definition) is 5. The lowest BCUT2D eigenvalue weighted by atomic mass is 10.2. The Morgan fingerprint density at radius 1 is 1.37 bits per heavy atom. The summed E-state index contributed by atoms with van der Waals surface area (Å²) in [6.45, 7) is 5.59. The predicted octanol–water partition coefficient (Wildman–Crippen LogP) is 1.29. The second kappa shape index (κ2) is 9.25. The van der Waals surface area contributed by atoms with Crippen LogP contribution in [0, 0.1) is 0 Å². The second-order valence-corrected chi connectivity index (χ2v) is 6.54. The molecule has 2 heterocycles. The van der Waals surface area contributed by atoms with Gasteiger partial charge in [0.2, 0.25) is 0 Å². The van der Waals surface area contributed by atoms with Crippen LogP contribution in [-0.2, 0) is 13.0 Å². The van der Waals surface area contributed by atoms with Crippen molar-refractivity contribution >= 4 is 11.6 Å². The van der Waals surface area contributed by atoms with E-state index in [0.717, 1.165) is 62.2 Å². The van der Waals surface area contributed by atoms with Gasteiger partial charge in [-0.05, 0) is 18.6 Å². The zero-order valence-electron chi connectivity index (χ0n) is 16.4. The molecule has 0 amide bonds. The van der Waals surface area contributed by atoms with E-state index in [2.05, 4.69) is 54.3 Å². The maximum atomic E-state index is 5.49. The number of methoxy groups -OCH3 is 1. The van der Waals surface area contributed by atoms with Crippen LogP contribution in [0.2, 0.25) is 0 Å². The molecule has 27 heavy (non-hydrogen) atoms. The fraction of sp³-hybridized carbons (Fsp3) is 0.526. The minimum absolute atomic E-state index is 0.349. The van der Waals surface area contributed by atoms with Gasteiger partial charge < -0.3 is 24.8 Å². The van der Waals surface area contributed by atoms with Crippen LogP contribution in [0.15, 0.2) is 35.6 Å². The van der Waals surface area contributed by atoms with Crippen LogP contribution >= 0.6 is 0 Å². The second-order valence-electron chi connectivity index (χ2n) is 6.54. The highest BCUT2D eigenvalue weighted by Gasteiger charge is 2.25. The topological polar surface area (TPSA) is 79.6 Å². The summed E-state index contributed by atoms with van der Waals surface area (Å²) < 4.78 is 7.56. The van der Waals surface area contributed by atoms with Crippen molar-refractivity contribution in [3.05, 3.63) is 36.4 Å². The quantitative estimate of drug-likeness (QED) is 0.564. The summed E-state index contributed by atoms with van der Waals surface area (Å²) in [4.78, 5) is 6.71. The summed E-state index contributed by atoms with van der Waals surface area (Å²) in [6.07, 6.45) is 3.72. The van der Waals surface area contributed by atoms with Crippen LogP contribution in [0.3, 0.4) is 0 Å². The standard InChI is InChI=1S/C19H29N7O/c1-4-18-24-22-14-26(18)12-10-21-19(20-2)23-15-9-11-25(13-15)16-7-5-6-8-17(16)27-3/h5-8,14-15H,4,9-13H2,1-3H3,(H2,20,21,23). The fourth-order valence-electron chi connectivity index (χ4n) is 3.41. The first kappa shape index (κ1) is 19.0. The van der Waals surface area contributed by atoms with Crippen molar-refractivity contribution in [2.24, 2.45) is 4.99 Å². The average molecular weight is 371 g/mol. The Hall–Kier alpha value is -2.77. The van der Waals surface area contributed by atoms with Gasteiger partial charge >= 0.3 is 0 Å². The van der Waals surface area contributed by atoms with Crippen LogP contribution in [0.5, 0.6) is 5.75 Å². The Morgan fingerprint density at radius 2 is 2.22 bits per heavy atom. The molecule has 1 aliphatic heterocycles. The molecule has 0 bridgehead atoms. The summed E-state index contributed by atoms with van der Waals surface area (Å²) in [5.74, 6) is 2.75. The van der Waals surface area contributed by atoms with Gasteiger partial charge in [-0.15, -0.1) is 10.2 Å². The van der Waals surface area contributed by atoms with Gasteiger partial charge in [0.25, 0.3) is 0 Å². The lowest BCUT2D eigenvalue weighted by Crippen LogP contribution is -2.45. The molecule has 1 saturated heterocycles. The minimum atomic E-state index is 0.349. The number of rotatable bonds is 7. The molecule has 1 aliphatic rings. The van der Waals surface area contributed by atoms with E-state index in [1.54, 1.807) is 20.5 Å². The number of aryl methyl sites for hydroxylation is 1. The number of hydrogen-bond donors (Lipinski definition) is 2. The molecule has 1 atom stereocenters. The van der Waals surface area contributed by atoms with E-state index in [9.17, 15) is 0 Å². The zero-order valence-corrected chi connectivity index (χ0v) is 16.4. The van der Waals surface area contributed by atoms with Crippen molar-refractivity contribution in [3.8, 4) is 5.75 Å². The van der Waals surface area contributed by atoms with E-state index in [1.807, 2.05) is 12.1 Å². The number of aromatic nitrogens is 3. The van der Waals surface area contributed by atoms with Crippen molar-refractivity contribution in [1.29, 1.82) is 0 Å². The van der Waals surface area contributed by atoms with Gasteiger partial charge in [0, 0.05) is 45.7 Å². The maximum Gasteiger partial charge on any atom is 0.191 e. The van der Waals surface area contributed by atoms with Crippen molar-refractivity contribution in [2.45, 2.75) is 32.4 Å². The SMILES string of the molecule is CCc1nncn1CCNC(=NC)NC1CCN(c2ccccc2OC)C1. The van der Waals surface area contributed by atoms with Gasteiger partial charge in [-0.1, -0.05) is 19.1 Å². The van der Waals surface area contributed by atoms with E-state index in [1.165, 1.54) is 0 Å². The summed E-state index contributed by atoms with van der Waals surface area (Å²) >= 11 is 0. The molecule has 8 heteroatoms. The first-order valence-corrected chi connectivity index (χ1v) is 9.47. The van der Waals surface area contributed by atoms with E-state index in [4.69, 9.17) is 4.74 Å². The molecule has 1 aromatic heterocycles. The van der Waals surface area contributed by atoms with Crippen molar-refractivity contribution in [2.75, 3.05) is 38.7 Å². The van der Waals surface area contributed by atoms with Gasteiger partial charge in [-0.25, -0.2) is 0 Å². The Morgan fingerprint density at radius 3 is 3.00 bits per heavy atom. The fourth-order valence-corrected chi connectivity index (χ4v) is 3.41. The molecule has 146 valence electrons. The molecule has 1 aromatic carbocycles. The number of benzene rings is 1. The number of ether oxygens (including phenoxy) is 1. The minimum Gasteiger partial charge on any atom is -0.495 e. The Kier molecular flexibility index (Phi) is 6.51. The van der Waals surface area contributed by atoms with Gasteiger partial charge in [0.15, 0.2) is 5.96 Å². The summed E-state index contributed by atoms with van der Waals surface area (Å²) in [6, 6.07) is 8.52. The van der Waals surface area contributed by atoms with Crippen LogP contribution < -0.4 is 20.3 Å². The molecule has 0 spiro atoms. The highest BCUT2D eigenvalue weighted by Crippen LogP contribution is 2.30. The molecule has 8 nitrogen and oxygen atoms in total. The van der Waals surface area contributed by atoms with Crippen molar-refractivity contribution < 1.29 is 4.74 Å². The third-order valence-corrected chi connectivity index (χ3v) is 4.84. The molecule has 0 radical (unpaired) electrons. The molecular weight excluding hydrogens is 342 g/mol. The number of nitrogens with zero attached hydrogens (tertiary/aromatic N) is 5. The Labute approximate surface area is 160 Å². The Bertz CT molecular complexity index is 758. The van der Waals surface area contributed by atoms with E-state index >= 15 is 0 Å². The zero-order chi connectivity index (χ0) is 19.1. The van der Waals surface area contributed by atoms with Gasteiger partial charge in [-0.2, -0.15) is 0 Å². The smallest absolute Gasteiger partial charge is 0.191 e. The van der Waals surface area contributed by atoms with Crippen LogP contribution in [0.25, 0.3) is 0 Å². The number of nitrogens with one attached hydrogen (secondary N) is 2. The lowest BCUT2D eigenvalue weighted by Gasteiger charge is -2.22. The van der Waals surface area contributed by atoms with Crippen LogP contribution in [0.4, 0.5) is 5.69 Å². The van der Waals surface area contributed by atoms with Crippen molar-refractivity contribution in [3.63, 3.8) is 0 Å². The van der Waals surface area contributed by atoms with Crippen LogP contribution in [0.1, 0.15) is 19.2 Å². The molecular formula is C19H29N7O. The lowest BCUT2D eigenvalue weighted by molar-refractivity contribution is 0.415. The van der Waals surface area contributed by atoms with Gasteiger partial charge in [-0.3, -0.25) is 4.99 Å². The highest BCUT2D eigenvalue weighted by molar-refractivity contribution is 5.80. The molecule has 0 aliphatic carbocycles. The first-order chi connectivity index (χ1) is 13.2.